The number of ether oxygens (including phenoxy) is 1. The molecule has 0 N–H and O–H groups in total. The molecule has 1 unspecified atom stereocenters. The minimum Gasteiger partial charge on any atom is -0.368 e. The maximum Gasteiger partial charge on any atom is 0.0888 e. The van der Waals surface area contributed by atoms with Crippen LogP contribution in [0.15, 0.2) is 42.5 Å². The lowest BCUT2D eigenvalue weighted by atomic mass is 10.1. The molecule has 0 bridgehead atoms. The van der Waals surface area contributed by atoms with Crippen LogP contribution in [0.3, 0.4) is 0 Å². The number of hydrogen-bond donors (Lipinski definition) is 0. The van der Waals surface area contributed by atoms with Gasteiger partial charge in [0.05, 0.1) is 12.7 Å². The molecule has 16 heavy (non-hydrogen) atoms. The Morgan fingerprint density at radius 3 is 2.94 bits per heavy atom. The molecule has 0 fully saturated rings. The lowest BCUT2D eigenvalue weighted by Crippen LogP contribution is -2.07. The molecule has 1 nitrogen and oxygen atoms in total. The van der Waals surface area contributed by atoms with Crippen LogP contribution in [0.5, 0.6) is 0 Å². The number of allylic oxidation sites excluding steroid dienone is 1. The normalized spacial score (nSPS) is 20.6. The van der Waals surface area contributed by atoms with Crippen molar-refractivity contribution < 1.29 is 4.74 Å². The molecule has 0 saturated heterocycles. The summed E-state index contributed by atoms with van der Waals surface area (Å²) in [6.45, 7) is 1.94. The van der Waals surface area contributed by atoms with Gasteiger partial charge in [0.25, 0.3) is 0 Å². The minimum atomic E-state index is 0.297. The highest BCUT2D eigenvalue weighted by atomic mass is 16.5. The van der Waals surface area contributed by atoms with E-state index in [4.69, 9.17) is 4.74 Å². The van der Waals surface area contributed by atoms with Crippen molar-refractivity contribution in [2.75, 3.05) is 0 Å². The summed E-state index contributed by atoms with van der Waals surface area (Å²) in [7, 11) is 0. The Morgan fingerprint density at radius 1 is 1.19 bits per heavy atom. The van der Waals surface area contributed by atoms with Gasteiger partial charge in [0.15, 0.2) is 0 Å². The maximum absolute atomic E-state index is 5.76. The van der Waals surface area contributed by atoms with Crippen LogP contribution < -0.4 is 0 Å². The smallest absolute Gasteiger partial charge is 0.0888 e. The molecule has 0 aliphatic heterocycles. The molecule has 1 heteroatoms. The average molecular weight is 215 g/mol. The topological polar surface area (TPSA) is 9.23 Å². The molecule has 1 atom stereocenters. The quantitative estimate of drug-likeness (QED) is 0.692. The van der Waals surface area contributed by atoms with E-state index in [-0.39, 0.29) is 0 Å². The maximum atomic E-state index is 5.76. The Morgan fingerprint density at radius 2 is 2.06 bits per heavy atom. The first-order valence-corrected chi connectivity index (χ1v) is 6.13. The highest BCUT2D eigenvalue weighted by Crippen LogP contribution is 2.15. The van der Waals surface area contributed by atoms with Crippen LogP contribution >= 0.6 is 0 Å². The van der Waals surface area contributed by atoms with Gasteiger partial charge < -0.3 is 4.74 Å². The summed E-state index contributed by atoms with van der Waals surface area (Å²) < 4.78 is 5.76. The van der Waals surface area contributed by atoms with Crippen molar-refractivity contribution in [3.8, 4) is 0 Å². The van der Waals surface area contributed by atoms with Crippen molar-refractivity contribution in [3.63, 3.8) is 0 Å². The molecular weight excluding hydrogens is 196 g/mol. The van der Waals surface area contributed by atoms with Crippen molar-refractivity contribution in [2.45, 2.75) is 38.2 Å². The highest BCUT2D eigenvalue weighted by Gasteiger charge is 2.07. The summed E-state index contributed by atoms with van der Waals surface area (Å²) in [5, 5.41) is 0. The fourth-order valence-corrected chi connectivity index (χ4v) is 1.95. The van der Waals surface area contributed by atoms with E-state index in [0.717, 1.165) is 12.8 Å². The molecule has 0 spiro atoms. The van der Waals surface area contributed by atoms with E-state index in [9.17, 15) is 0 Å². The Bertz CT molecular complexity index is 315. The zero-order valence-electron chi connectivity index (χ0n) is 9.64. The van der Waals surface area contributed by atoms with Gasteiger partial charge in [-0.1, -0.05) is 48.9 Å². The van der Waals surface area contributed by atoms with E-state index >= 15 is 0 Å². The van der Waals surface area contributed by atoms with Gasteiger partial charge in [-0.3, -0.25) is 0 Å². The van der Waals surface area contributed by atoms with Gasteiger partial charge in [0.2, 0.25) is 0 Å². The molecule has 0 amide bonds. The second-order valence-electron chi connectivity index (χ2n) is 4.24. The van der Waals surface area contributed by atoms with Crippen molar-refractivity contribution in [1.29, 1.82) is 0 Å². The van der Waals surface area contributed by atoms with Crippen molar-refractivity contribution in [2.24, 2.45) is 0 Å². The van der Waals surface area contributed by atoms with Crippen LogP contribution in [0.1, 0.15) is 31.2 Å². The summed E-state index contributed by atoms with van der Waals surface area (Å²) in [4.78, 5) is 0. The van der Waals surface area contributed by atoms with Crippen LogP contribution in [-0.4, -0.2) is 6.10 Å². The molecule has 2 rings (SSSR count). The Labute approximate surface area is 98.1 Å². The van der Waals surface area contributed by atoms with E-state index in [2.05, 4.69) is 36.4 Å². The van der Waals surface area contributed by atoms with E-state index < -0.39 is 0 Å². The first-order valence-electron chi connectivity index (χ1n) is 6.13. The third-order valence-corrected chi connectivity index (χ3v) is 2.89. The predicted molar refractivity (Wildman–Crippen MR) is 66.9 cm³/mol. The summed E-state index contributed by atoms with van der Waals surface area (Å²) >= 11 is 0. The van der Waals surface area contributed by atoms with E-state index in [1.807, 2.05) is 12.7 Å². The standard InChI is InChI=1S/C15H19O/c1-2-7-11-15(10-6-1)16-13-12-14-8-4-3-5-9-14/h3-6,8-10,13,15H,1-2,7,11-12H2. The fourth-order valence-electron chi connectivity index (χ4n) is 1.95. The molecule has 85 valence electrons. The Kier molecular flexibility index (Phi) is 4.63. The summed E-state index contributed by atoms with van der Waals surface area (Å²) in [6, 6.07) is 10.4. The summed E-state index contributed by atoms with van der Waals surface area (Å²) in [6.07, 6.45) is 10.6. The second kappa shape index (κ2) is 6.49. The zero-order chi connectivity index (χ0) is 11.1. The van der Waals surface area contributed by atoms with Crippen molar-refractivity contribution >= 4 is 0 Å². The molecule has 1 aromatic carbocycles. The fraction of sp³-hybridized carbons (Fsp3) is 0.400. The third-order valence-electron chi connectivity index (χ3n) is 2.89. The first-order chi connectivity index (χ1) is 7.95. The van der Waals surface area contributed by atoms with Gasteiger partial charge in [0, 0.05) is 6.42 Å². The molecular formula is C15H19O. The highest BCUT2D eigenvalue weighted by molar-refractivity contribution is 5.15. The Hall–Kier alpha value is -1.08. The molecule has 1 radical (unpaired) electrons. The van der Waals surface area contributed by atoms with Crippen LogP contribution in [0, 0.1) is 6.61 Å². The van der Waals surface area contributed by atoms with Gasteiger partial charge in [-0.2, -0.15) is 0 Å². The van der Waals surface area contributed by atoms with Crippen LogP contribution in [0.4, 0.5) is 0 Å². The van der Waals surface area contributed by atoms with Gasteiger partial charge >= 0.3 is 0 Å². The molecule has 1 aromatic rings. The lowest BCUT2D eigenvalue weighted by Gasteiger charge is -2.11. The Balaban J connectivity index is 1.71. The number of benzene rings is 1. The van der Waals surface area contributed by atoms with Gasteiger partial charge in [-0.15, -0.1) is 0 Å². The monoisotopic (exact) mass is 215 g/mol. The van der Waals surface area contributed by atoms with Crippen LogP contribution in [-0.2, 0) is 11.2 Å². The summed E-state index contributed by atoms with van der Waals surface area (Å²) in [5.41, 5.74) is 1.31. The van der Waals surface area contributed by atoms with Crippen LogP contribution in [0.2, 0.25) is 0 Å². The van der Waals surface area contributed by atoms with Gasteiger partial charge in [-0.05, 0) is 24.8 Å². The van der Waals surface area contributed by atoms with E-state index in [1.54, 1.807) is 0 Å². The molecule has 0 heterocycles. The largest absolute Gasteiger partial charge is 0.368 e. The molecule has 1 aliphatic rings. The first kappa shape index (κ1) is 11.4. The van der Waals surface area contributed by atoms with E-state index in [1.165, 1.54) is 24.8 Å². The van der Waals surface area contributed by atoms with Crippen LogP contribution in [0.25, 0.3) is 0 Å². The average Bonchev–Trinajstić information content (AvgIpc) is 2.59. The molecule has 0 aromatic heterocycles. The molecule has 1 aliphatic carbocycles. The van der Waals surface area contributed by atoms with Gasteiger partial charge in [0.1, 0.15) is 0 Å². The number of rotatable bonds is 4. The molecule has 0 saturated carbocycles. The minimum absolute atomic E-state index is 0.297. The third kappa shape index (κ3) is 3.82. The van der Waals surface area contributed by atoms with Crippen molar-refractivity contribution in [3.05, 3.63) is 54.7 Å². The number of hydrogen-bond acceptors (Lipinski definition) is 1. The predicted octanol–water partition coefficient (Wildman–Crippen LogP) is 3.91. The lowest BCUT2D eigenvalue weighted by molar-refractivity contribution is 0.132. The summed E-state index contributed by atoms with van der Waals surface area (Å²) in [5.74, 6) is 0. The SMILES string of the molecule is [CH](Cc1ccccc1)OC1C=CCCCC1. The second-order valence-corrected chi connectivity index (χ2v) is 4.24. The van der Waals surface area contributed by atoms with E-state index in [0.29, 0.717) is 6.10 Å². The van der Waals surface area contributed by atoms with Crippen molar-refractivity contribution in [1.82, 2.24) is 0 Å². The zero-order valence-corrected chi connectivity index (χ0v) is 9.64. The van der Waals surface area contributed by atoms with Gasteiger partial charge in [-0.25, -0.2) is 0 Å².